The molecule has 0 bridgehead atoms. The lowest BCUT2D eigenvalue weighted by Crippen LogP contribution is -2.35. The summed E-state index contributed by atoms with van der Waals surface area (Å²) in [6.45, 7) is 1.17. The minimum atomic E-state index is -0.107. The highest BCUT2D eigenvalue weighted by molar-refractivity contribution is 7.12. The number of carbonyl (C=O) groups excluding carboxylic acids is 2. The van der Waals surface area contributed by atoms with Crippen LogP contribution in [0.5, 0.6) is 0 Å². The monoisotopic (exact) mass is 408 g/mol. The Morgan fingerprint density at radius 3 is 2.31 bits per heavy atom. The fourth-order valence-corrected chi connectivity index (χ4v) is 3.61. The smallest absolute Gasteiger partial charge is 0.261 e. The maximum absolute atomic E-state index is 12.8. The third-order valence-electron chi connectivity index (χ3n) is 4.57. The van der Waals surface area contributed by atoms with Crippen LogP contribution in [0.25, 0.3) is 0 Å². The van der Waals surface area contributed by atoms with Gasteiger partial charge in [0.05, 0.1) is 11.5 Å². The second-order valence-electron chi connectivity index (χ2n) is 6.61. The summed E-state index contributed by atoms with van der Waals surface area (Å²) in [5.74, 6) is -0.209. The third kappa shape index (κ3) is 6.01. The fourth-order valence-electron chi connectivity index (χ4n) is 2.97. The Morgan fingerprint density at radius 2 is 1.66 bits per heavy atom. The highest BCUT2D eigenvalue weighted by Gasteiger charge is 2.15. The molecule has 29 heavy (non-hydrogen) atoms. The SMILES string of the molecule is O=C(NCc1ccc(C(=O)N(CCO)CCc2ccccc2)cc1)c1cccs1. The van der Waals surface area contributed by atoms with Crippen molar-refractivity contribution in [1.82, 2.24) is 10.2 Å². The van der Waals surface area contributed by atoms with E-state index >= 15 is 0 Å². The standard InChI is InChI=1S/C23H24N2O3S/c26-15-14-25(13-12-18-5-2-1-3-6-18)23(28)20-10-8-19(9-11-20)17-24-22(27)21-7-4-16-29-21/h1-11,16,26H,12-15,17H2,(H,24,27). The topological polar surface area (TPSA) is 69.6 Å². The molecule has 0 fully saturated rings. The number of nitrogens with zero attached hydrogens (tertiary/aromatic N) is 1. The van der Waals surface area contributed by atoms with E-state index in [0.717, 1.165) is 17.5 Å². The van der Waals surface area contributed by atoms with Crippen molar-refractivity contribution in [3.8, 4) is 0 Å². The van der Waals surface area contributed by atoms with Gasteiger partial charge in [0.1, 0.15) is 0 Å². The average Bonchev–Trinajstić information content (AvgIpc) is 3.31. The number of benzene rings is 2. The van der Waals surface area contributed by atoms with Crippen LogP contribution in [0.4, 0.5) is 0 Å². The molecule has 3 aromatic rings. The van der Waals surface area contributed by atoms with Gasteiger partial charge in [-0.25, -0.2) is 0 Å². The predicted octanol–water partition coefficient (Wildman–Crippen LogP) is 3.36. The van der Waals surface area contributed by atoms with E-state index < -0.39 is 0 Å². The molecule has 0 unspecified atom stereocenters. The molecule has 1 heterocycles. The maximum atomic E-state index is 12.8. The number of nitrogens with one attached hydrogen (secondary N) is 1. The zero-order valence-corrected chi connectivity index (χ0v) is 16.9. The van der Waals surface area contributed by atoms with Gasteiger partial charge >= 0.3 is 0 Å². The Hall–Kier alpha value is -2.96. The summed E-state index contributed by atoms with van der Waals surface area (Å²) in [6.07, 6.45) is 0.736. The number of hydrogen-bond acceptors (Lipinski definition) is 4. The van der Waals surface area contributed by atoms with Crippen molar-refractivity contribution >= 4 is 23.2 Å². The Morgan fingerprint density at radius 1 is 0.897 bits per heavy atom. The quantitative estimate of drug-likeness (QED) is 0.570. The highest BCUT2D eigenvalue weighted by atomic mass is 32.1. The molecule has 6 heteroatoms. The molecule has 0 aliphatic carbocycles. The summed E-state index contributed by atoms with van der Waals surface area (Å²) >= 11 is 1.40. The molecule has 2 aromatic carbocycles. The molecular weight excluding hydrogens is 384 g/mol. The largest absolute Gasteiger partial charge is 0.395 e. The Labute approximate surface area is 174 Å². The molecule has 0 atom stereocenters. The van der Waals surface area contributed by atoms with Gasteiger partial charge in [0, 0.05) is 25.2 Å². The number of aliphatic hydroxyl groups is 1. The number of hydrogen-bond donors (Lipinski definition) is 2. The van der Waals surface area contributed by atoms with Gasteiger partial charge in [-0.15, -0.1) is 11.3 Å². The van der Waals surface area contributed by atoms with E-state index in [1.54, 1.807) is 23.1 Å². The zero-order chi connectivity index (χ0) is 20.5. The molecule has 0 saturated heterocycles. The van der Waals surface area contributed by atoms with E-state index in [1.165, 1.54) is 11.3 Å². The van der Waals surface area contributed by atoms with E-state index in [1.807, 2.05) is 53.9 Å². The van der Waals surface area contributed by atoms with Crippen LogP contribution in [0, 0.1) is 0 Å². The number of carbonyl (C=O) groups is 2. The van der Waals surface area contributed by atoms with Crippen molar-refractivity contribution in [1.29, 1.82) is 0 Å². The molecule has 2 amide bonds. The lowest BCUT2D eigenvalue weighted by atomic mass is 10.1. The first-order valence-electron chi connectivity index (χ1n) is 9.52. The van der Waals surface area contributed by atoms with Crippen LogP contribution in [-0.2, 0) is 13.0 Å². The number of aliphatic hydroxyl groups excluding tert-OH is 1. The normalized spacial score (nSPS) is 10.5. The van der Waals surface area contributed by atoms with Crippen molar-refractivity contribution < 1.29 is 14.7 Å². The van der Waals surface area contributed by atoms with Crippen molar-refractivity contribution in [2.75, 3.05) is 19.7 Å². The van der Waals surface area contributed by atoms with Gasteiger partial charge in [-0.1, -0.05) is 48.5 Å². The van der Waals surface area contributed by atoms with Crippen LogP contribution in [0.2, 0.25) is 0 Å². The van der Waals surface area contributed by atoms with Crippen LogP contribution < -0.4 is 5.32 Å². The molecule has 5 nitrogen and oxygen atoms in total. The minimum absolute atomic E-state index is 0.0760. The average molecular weight is 409 g/mol. The first-order valence-corrected chi connectivity index (χ1v) is 10.4. The van der Waals surface area contributed by atoms with Crippen LogP contribution in [0.1, 0.15) is 31.2 Å². The molecule has 0 aliphatic heterocycles. The van der Waals surface area contributed by atoms with Gasteiger partial charge in [-0.2, -0.15) is 0 Å². The second-order valence-corrected chi connectivity index (χ2v) is 7.56. The highest BCUT2D eigenvalue weighted by Crippen LogP contribution is 2.11. The first kappa shape index (κ1) is 20.8. The minimum Gasteiger partial charge on any atom is -0.395 e. The summed E-state index contributed by atoms with van der Waals surface area (Å²) in [4.78, 5) is 27.2. The molecular formula is C23H24N2O3S. The van der Waals surface area contributed by atoms with E-state index in [0.29, 0.717) is 30.1 Å². The molecule has 2 N–H and O–H groups in total. The molecule has 1 aromatic heterocycles. The summed E-state index contributed by atoms with van der Waals surface area (Å²) in [5.41, 5.74) is 2.64. The van der Waals surface area contributed by atoms with Crippen LogP contribution in [-0.4, -0.2) is 41.5 Å². The van der Waals surface area contributed by atoms with Gasteiger partial charge in [0.2, 0.25) is 0 Å². The maximum Gasteiger partial charge on any atom is 0.261 e. The summed E-state index contributed by atoms with van der Waals surface area (Å²) in [7, 11) is 0. The lowest BCUT2D eigenvalue weighted by molar-refractivity contribution is 0.0723. The summed E-state index contributed by atoms with van der Waals surface area (Å²) in [5, 5.41) is 14.1. The van der Waals surface area contributed by atoms with Crippen molar-refractivity contribution in [2.24, 2.45) is 0 Å². The first-order chi connectivity index (χ1) is 14.2. The van der Waals surface area contributed by atoms with Crippen molar-refractivity contribution in [2.45, 2.75) is 13.0 Å². The van der Waals surface area contributed by atoms with Gasteiger partial charge in [-0.3, -0.25) is 9.59 Å². The number of rotatable bonds is 9. The lowest BCUT2D eigenvalue weighted by Gasteiger charge is -2.22. The summed E-state index contributed by atoms with van der Waals surface area (Å²) < 4.78 is 0. The Balaban J connectivity index is 1.57. The Kier molecular flexibility index (Phi) is 7.55. The van der Waals surface area contributed by atoms with Crippen LogP contribution in [0.3, 0.4) is 0 Å². The van der Waals surface area contributed by atoms with Crippen molar-refractivity contribution in [3.05, 3.63) is 93.7 Å². The van der Waals surface area contributed by atoms with Gasteiger partial charge in [0.25, 0.3) is 11.8 Å². The second kappa shape index (κ2) is 10.5. The predicted molar refractivity (Wildman–Crippen MR) is 115 cm³/mol. The van der Waals surface area contributed by atoms with Crippen LogP contribution >= 0.6 is 11.3 Å². The fraction of sp³-hybridized carbons (Fsp3) is 0.217. The van der Waals surface area contributed by atoms with Crippen LogP contribution in [0.15, 0.2) is 72.1 Å². The van der Waals surface area contributed by atoms with E-state index in [2.05, 4.69) is 5.32 Å². The third-order valence-corrected chi connectivity index (χ3v) is 5.44. The van der Waals surface area contributed by atoms with Gasteiger partial charge in [-0.05, 0) is 41.1 Å². The molecule has 0 aliphatic rings. The van der Waals surface area contributed by atoms with Gasteiger partial charge in [0.15, 0.2) is 0 Å². The van der Waals surface area contributed by atoms with E-state index in [4.69, 9.17) is 0 Å². The number of amides is 2. The van der Waals surface area contributed by atoms with E-state index in [-0.39, 0.29) is 18.4 Å². The molecule has 3 rings (SSSR count). The zero-order valence-electron chi connectivity index (χ0n) is 16.1. The van der Waals surface area contributed by atoms with E-state index in [9.17, 15) is 14.7 Å². The number of thiophene rings is 1. The molecule has 0 spiro atoms. The summed E-state index contributed by atoms with van der Waals surface area (Å²) in [6, 6.07) is 20.8. The molecule has 150 valence electrons. The van der Waals surface area contributed by atoms with Crippen molar-refractivity contribution in [3.63, 3.8) is 0 Å². The molecule has 0 saturated carbocycles. The van der Waals surface area contributed by atoms with Gasteiger partial charge < -0.3 is 15.3 Å². The molecule has 0 radical (unpaired) electrons. The Bertz CT molecular complexity index is 909.